The van der Waals surface area contributed by atoms with E-state index in [0.29, 0.717) is 18.0 Å². The number of amides is 1. The van der Waals surface area contributed by atoms with Crippen LogP contribution >= 0.6 is 0 Å². The van der Waals surface area contributed by atoms with E-state index in [9.17, 15) is 4.79 Å². The fourth-order valence-electron chi connectivity index (χ4n) is 2.61. The van der Waals surface area contributed by atoms with Crippen molar-refractivity contribution < 1.29 is 4.79 Å². The van der Waals surface area contributed by atoms with E-state index < -0.39 is 0 Å². The SMILES string of the molecule is Cc1nc2ccc(C(=O)NCc3cc(C4CC4)n[nH]3)cc2[nH]1. The van der Waals surface area contributed by atoms with Gasteiger partial charge in [-0.05, 0) is 44.0 Å². The number of carbonyl (C=O) groups is 1. The predicted octanol–water partition coefficient (Wildman–Crippen LogP) is 2.40. The molecule has 1 saturated carbocycles. The Bertz CT molecular complexity index is 843. The van der Waals surface area contributed by atoms with Gasteiger partial charge in [0.05, 0.1) is 29.0 Å². The van der Waals surface area contributed by atoms with E-state index >= 15 is 0 Å². The lowest BCUT2D eigenvalue weighted by molar-refractivity contribution is 0.0950. The van der Waals surface area contributed by atoms with E-state index in [1.54, 1.807) is 6.07 Å². The van der Waals surface area contributed by atoms with Gasteiger partial charge in [0.2, 0.25) is 0 Å². The number of aromatic amines is 2. The minimum absolute atomic E-state index is 0.100. The van der Waals surface area contributed by atoms with Crippen LogP contribution < -0.4 is 5.32 Å². The second kappa shape index (κ2) is 4.98. The number of aromatic nitrogens is 4. The molecule has 4 rings (SSSR count). The van der Waals surface area contributed by atoms with Gasteiger partial charge in [-0.2, -0.15) is 5.10 Å². The first-order valence-electron chi connectivity index (χ1n) is 7.48. The van der Waals surface area contributed by atoms with Crippen LogP contribution in [0, 0.1) is 6.92 Å². The number of rotatable bonds is 4. The van der Waals surface area contributed by atoms with Crippen LogP contribution in [-0.4, -0.2) is 26.1 Å². The Hall–Kier alpha value is -2.63. The molecule has 2 aromatic heterocycles. The Labute approximate surface area is 127 Å². The fourth-order valence-corrected chi connectivity index (χ4v) is 2.61. The van der Waals surface area contributed by atoms with Crippen molar-refractivity contribution in [1.82, 2.24) is 25.5 Å². The standard InChI is InChI=1S/C16H17N5O/c1-9-18-13-5-4-11(6-15(13)19-9)16(22)17-8-12-7-14(21-20-12)10-2-3-10/h4-7,10H,2-3,8H2,1H3,(H,17,22)(H,18,19)(H,20,21). The molecule has 1 aromatic carbocycles. The number of hydrogen-bond acceptors (Lipinski definition) is 3. The smallest absolute Gasteiger partial charge is 0.251 e. The highest BCUT2D eigenvalue weighted by atomic mass is 16.1. The van der Waals surface area contributed by atoms with Crippen molar-refractivity contribution in [1.29, 1.82) is 0 Å². The number of H-pyrrole nitrogens is 2. The third kappa shape index (κ3) is 2.47. The molecule has 6 nitrogen and oxygen atoms in total. The maximum Gasteiger partial charge on any atom is 0.251 e. The van der Waals surface area contributed by atoms with Gasteiger partial charge < -0.3 is 10.3 Å². The summed E-state index contributed by atoms with van der Waals surface area (Å²) in [7, 11) is 0. The van der Waals surface area contributed by atoms with Crippen LogP contribution in [0.25, 0.3) is 11.0 Å². The van der Waals surface area contributed by atoms with Gasteiger partial charge in [-0.25, -0.2) is 4.98 Å². The highest BCUT2D eigenvalue weighted by Gasteiger charge is 2.26. The average Bonchev–Trinajstić information content (AvgIpc) is 3.13. The molecule has 0 radical (unpaired) electrons. The maximum atomic E-state index is 12.2. The number of benzene rings is 1. The van der Waals surface area contributed by atoms with Gasteiger partial charge in [0, 0.05) is 11.5 Å². The van der Waals surface area contributed by atoms with Crippen LogP contribution in [0.4, 0.5) is 0 Å². The molecule has 0 unspecified atom stereocenters. The Morgan fingerprint density at radius 1 is 1.36 bits per heavy atom. The summed E-state index contributed by atoms with van der Waals surface area (Å²) >= 11 is 0. The lowest BCUT2D eigenvalue weighted by atomic mass is 10.2. The van der Waals surface area contributed by atoms with E-state index in [0.717, 1.165) is 28.2 Å². The van der Waals surface area contributed by atoms with Crippen molar-refractivity contribution in [2.24, 2.45) is 0 Å². The Kier molecular flexibility index (Phi) is 2.96. The van der Waals surface area contributed by atoms with Crippen LogP contribution in [0.5, 0.6) is 0 Å². The van der Waals surface area contributed by atoms with Gasteiger partial charge >= 0.3 is 0 Å². The van der Waals surface area contributed by atoms with Gasteiger partial charge in [-0.1, -0.05) is 0 Å². The van der Waals surface area contributed by atoms with Gasteiger partial charge in [0.1, 0.15) is 5.82 Å². The van der Waals surface area contributed by atoms with Crippen LogP contribution in [0.15, 0.2) is 24.3 Å². The van der Waals surface area contributed by atoms with Crippen molar-refractivity contribution in [3.05, 3.63) is 47.0 Å². The summed E-state index contributed by atoms with van der Waals surface area (Å²) < 4.78 is 0. The van der Waals surface area contributed by atoms with Gasteiger partial charge in [0.15, 0.2) is 0 Å². The molecule has 3 aromatic rings. The molecule has 0 bridgehead atoms. The minimum atomic E-state index is -0.100. The molecule has 1 aliphatic rings. The summed E-state index contributed by atoms with van der Waals surface area (Å²) in [6.45, 7) is 2.36. The normalized spacial score (nSPS) is 14.4. The average molecular weight is 295 g/mol. The fraction of sp³-hybridized carbons (Fsp3) is 0.312. The molecule has 0 atom stereocenters. The Morgan fingerprint density at radius 2 is 2.23 bits per heavy atom. The summed E-state index contributed by atoms with van der Waals surface area (Å²) in [6, 6.07) is 7.52. The molecule has 1 aliphatic carbocycles. The molecule has 6 heteroatoms. The molecule has 2 heterocycles. The summed E-state index contributed by atoms with van der Waals surface area (Å²) in [6.07, 6.45) is 2.44. The van der Waals surface area contributed by atoms with E-state index in [2.05, 4.69) is 25.5 Å². The monoisotopic (exact) mass is 295 g/mol. The summed E-state index contributed by atoms with van der Waals surface area (Å²) in [5, 5.41) is 10.2. The largest absolute Gasteiger partial charge is 0.346 e. The number of fused-ring (bicyclic) bond motifs is 1. The zero-order chi connectivity index (χ0) is 15.1. The van der Waals surface area contributed by atoms with Crippen molar-refractivity contribution in [2.45, 2.75) is 32.2 Å². The van der Waals surface area contributed by atoms with E-state index in [4.69, 9.17) is 0 Å². The number of aryl methyl sites for hydroxylation is 1. The molecule has 112 valence electrons. The highest BCUT2D eigenvalue weighted by Crippen LogP contribution is 2.38. The van der Waals surface area contributed by atoms with Crippen LogP contribution in [-0.2, 0) is 6.54 Å². The molecule has 1 fully saturated rings. The van der Waals surface area contributed by atoms with Gasteiger partial charge in [-0.3, -0.25) is 9.89 Å². The number of nitrogens with one attached hydrogen (secondary N) is 3. The minimum Gasteiger partial charge on any atom is -0.346 e. The van der Waals surface area contributed by atoms with Gasteiger partial charge in [-0.15, -0.1) is 0 Å². The number of hydrogen-bond donors (Lipinski definition) is 3. The topological polar surface area (TPSA) is 86.5 Å². The molecular weight excluding hydrogens is 278 g/mol. The number of imidazole rings is 1. The molecular formula is C16H17N5O. The van der Waals surface area contributed by atoms with Crippen molar-refractivity contribution in [3.63, 3.8) is 0 Å². The third-order valence-electron chi connectivity index (χ3n) is 3.95. The predicted molar refractivity (Wildman–Crippen MR) is 82.6 cm³/mol. The summed E-state index contributed by atoms with van der Waals surface area (Å²) in [4.78, 5) is 19.7. The van der Waals surface area contributed by atoms with Gasteiger partial charge in [0.25, 0.3) is 5.91 Å². The van der Waals surface area contributed by atoms with Crippen LogP contribution in [0.2, 0.25) is 0 Å². The van der Waals surface area contributed by atoms with Crippen molar-refractivity contribution >= 4 is 16.9 Å². The zero-order valence-corrected chi connectivity index (χ0v) is 12.3. The van der Waals surface area contributed by atoms with E-state index in [1.807, 2.05) is 25.1 Å². The first-order chi connectivity index (χ1) is 10.7. The quantitative estimate of drug-likeness (QED) is 0.690. The Balaban J connectivity index is 1.45. The van der Waals surface area contributed by atoms with Crippen molar-refractivity contribution in [3.8, 4) is 0 Å². The number of carbonyl (C=O) groups excluding carboxylic acids is 1. The highest BCUT2D eigenvalue weighted by molar-refractivity contribution is 5.97. The molecule has 3 N–H and O–H groups in total. The van der Waals surface area contributed by atoms with E-state index in [-0.39, 0.29) is 5.91 Å². The third-order valence-corrected chi connectivity index (χ3v) is 3.95. The molecule has 1 amide bonds. The van der Waals surface area contributed by atoms with Crippen molar-refractivity contribution in [2.75, 3.05) is 0 Å². The first kappa shape index (κ1) is 13.1. The summed E-state index contributed by atoms with van der Waals surface area (Å²) in [5.74, 6) is 1.36. The lowest BCUT2D eigenvalue weighted by Crippen LogP contribution is -2.22. The van der Waals surface area contributed by atoms with Crippen LogP contribution in [0.1, 0.15) is 46.3 Å². The van der Waals surface area contributed by atoms with Crippen LogP contribution in [0.3, 0.4) is 0 Å². The lowest BCUT2D eigenvalue weighted by Gasteiger charge is -2.03. The maximum absolute atomic E-state index is 12.2. The molecule has 22 heavy (non-hydrogen) atoms. The molecule has 0 aliphatic heterocycles. The zero-order valence-electron chi connectivity index (χ0n) is 12.3. The number of nitrogens with zero attached hydrogens (tertiary/aromatic N) is 2. The molecule has 0 spiro atoms. The first-order valence-corrected chi connectivity index (χ1v) is 7.48. The second-order valence-corrected chi connectivity index (χ2v) is 5.83. The molecule has 0 saturated heterocycles. The Morgan fingerprint density at radius 3 is 3.05 bits per heavy atom. The summed E-state index contributed by atoms with van der Waals surface area (Å²) in [5.41, 5.74) is 4.42. The van der Waals surface area contributed by atoms with E-state index in [1.165, 1.54) is 12.8 Å². The second-order valence-electron chi connectivity index (χ2n) is 5.83.